The van der Waals surface area contributed by atoms with Gasteiger partial charge in [0.25, 0.3) is 5.91 Å². The van der Waals surface area contributed by atoms with Crippen LogP contribution in [0.1, 0.15) is 29.6 Å². The second kappa shape index (κ2) is 6.29. The van der Waals surface area contributed by atoms with E-state index in [0.717, 1.165) is 32.4 Å². The fraction of sp³-hybridized carbons (Fsp3) is 0.462. The number of carbonyl (C=O) groups excluding carboxylic acids is 1. The van der Waals surface area contributed by atoms with Crippen molar-refractivity contribution >= 4 is 21.8 Å². The first-order chi connectivity index (χ1) is 8.66. The van der Waals surface area contributed by atoms with Gasteiger partial charge in [0.15, 0.2) is 0 Å². The van der Waals surface area contributed by atoms with E-state index < -0.39 is 5.82 Å². The number of hydrogen-bond donors (Lipinski definition) is 2. The maximum atomic E-state index is 13.1. The molecule has 3 nitrogen and oxygen atoms in total. The van der Waals surface area contributed by atoms with E-state index in [4.69, 9.17) is 0 Å². The highest BCUT2D eigenvalue weighted by Gasteiger charge is 2.17. The molecule has 0 aliphatic carbocycles. The molecule has 18 heavy (non-hydrogen) atoms. The fourth-order valence-electron chi connectivity index (χ4n) is 2.10. The number of benzene rings is 1. The smallest absolute Gasteiger partial charge is 0.252 e. The van der Waals surface area contributed by atoms with E-state index in [1.165, 1.54) is 12.1 Å². The van der Waals surface area contributed by atoms with Gasteiger partial charge in [-0.3, -0.25) is 4.79 Å². The van der Waals surface area contributed by atoms with Crippen molar-refractivity contribution in [2.75, 3.05) is 13.1 Å². The van der Waals surface area contributed by atoms with E-state index >= 15 is 0 Å². The second-order valence-corrected chi connectivity index (χ2v) is 5.33. The Balaban J connectivity index is 2.04. The summed E-state index contributed by atoms with van der Waals surface area (Å²) in [6, 6.07) is 4.31. The highest BCUT2D eigenvalue weighted by atomic mass is 79.9. The van der Waals surface area contributed by atoms with Crippen LogP contribution in [0.2, 0.25) is 0 Å². The summed E-state index contributed by atoms with van der Waals surface area (Å²) >= 11 is 3.27. The first-order valence-electron chi connectivity index (χ1n) is 6.13. The summed E-state index contributed by atoms with van der Waals surface area (Å²) in [6.45, 7) is 1.91. The molecule has 2 N–H and O–H groups in total. The molecule has 1 atom stereocenters. The topological polar surface area (TPSA) is 41.1 Å². The van der Waals surface area contributed by atoms with Crippen LogP contribution in [0, 0.1) is 5.82 Å². The van der Waals surface area contributed by atoms with E-state index in [0.29, 0.717) is 10.0 Å². The number of halogens is 2. The molecular weight excluding hydrogens is 299 g/mol. The minimum atomic E-state index is -0.397. The first kappa shape index (κ1) is 13.5. The van der Waals surface area contributed by atoms with Crippen molar-refractivity contribution in [2.24, 2.45) is 0 Å². The standard InChI is InChI=1S/C13H16BrFN2O/c14-12-4-3-9(15)8-11(12)13(18)17-10-2-1-6-16-7-5-10/h3-4,8,10,16H,1-2,5-7H2,(H,17,18). The Morgan fingerprint density at radius 1 is 1.39 bits per heavy atom. The molecule has 1 aliphatic heterocycles. The molecule has 1 aromatic rings. The monoisotopic (exact) mass is 314 g/mol. The molecule has 0 bridgehead atoms. The molecule has 1 unspecified atom stereocenters. The van der Waals surface area contributed by atoms with Gasteiger partial charge in [0, 0.05) is 10.5 Å². The van der Waals surface area contributed by atoms with Gasteiger partial charge in [0.2, 0.25) is 0 Å². The van der Waals surface area contributed by atoms with Crippen LogP contribution in [0.3, 0.4) is 0 Å². The second-order valence-electron chi connectivity index (χ2n) is 4.48. The van der Waals surface area contributed by atoms with Crippen molar-refractivity contribution < 1.29 is 9.18 Å². The quantitative estimate of drug-likeness (QED) is 0.880. The molecule has 2 rings (SSSR count). The van der Waals surface area contributed by atoms with Gasteiger partial charge in [-0.05, 0) is 66.5 Å². The number of rotatable bonds is 2. The lowest BCUT2D eigenvalue weighted by Crippen LogP contribution is -2.35. The summed E-state index contributed by atoms with van der Waals surface area (Å²) in [5.41, 5.74) is 0.354. The zero-order valence-corrected chi connectivity index (χ0v) is 11.6. The molecule has 1 aliphatic rings. The average Bonchev–Trinajstić information content (AvgIpc) is 2.61. The molecular formula is C13H16BrFN2O. The zero-order valence-electron chi connectivity index (χ0n) is 10.0. The number of hydrogen-bond acceptors (Lipinski definition) is 2. The van der Waals surface area contributed by atoms with Crippen LogP contribution in [0.5, 0.6) is 0 Å². The van der Waals surface area contributed by atoms with E-state index in [1.807, 2.05) is 0 Å². The summed E-state index contributed by atoms with van der Waals surface area (Å²) in [7, 11) is 0. The minimum absolute atomic E-state index is 0.169. The summed E-state index contributed by atoms with van der Waals surface area (Å²) in [5, 5.41) is 6.26. The molecule has 0 saturated carbocycles. The molecule has 5 heteroatoms. The maximum absolute atomic E-state index is 13.1. The highest BCUT2D eigenvalue weighted by Crippen LogP contribution is 2.18. The van der Waals surface area contributed by atoms with Crippen molar-refractivity contribution in [3.8, 4) is 0 Å². The Morgan fingerprint density at radius 2 is 2.22 bits per heavy atom. The Hall–Kier alpha value is -0.940. The third-order valence-corrected chi connectivity index (χ3v) is 3.78. The Kier molecular flexibility index (Phi) is 4.72. The van der Waals surface area contributed by atoms with Crippen molar-refractivity contribution in [1.82, 2.24) is 10.6 Å². The normalized spacial score (nSPS) is 20.2. The molecule has 98 valence electrons. The predicted octanol–water partition coefficient (Wildman–Crippen LogP) is 2.46. The lowest BCUT2D eigenvalue weighted by molar-refractivity contribution is 0.0933. The lowest BCUT2D eigenvalue weighted by atomic mass is 10.1. The van der Waals surface area contributed by atoms with Gasteiger partial charge in [-0.2, -0.15) is 0 Å². The van der Waals surface area contributed by atoms with Crippen LogP contribution in [0.4, 0.5) is 4.39 Å². The highest BCUT2D eigenvalue weighted by molar-refractivity contribution is 9.10. The summed E-state index contributed by atoms with van der Waals surface area (Å²) < 4.78 is 13.8. The molecule has 0 radical (unpaired) electrons. The van der Waals surface area contributed by atoms with Crippen molar-refractivity contribution in [3.05, 3.63) is 34.1 Å². The molecule has 1 amide bonds. The van der Waals surface area contributed by atoms with E-state index in [9.17, 15) is 9.18 Å². The third-order valence-electron chi connectivity index (χ3n) is 3.08. The van der Waals surface area contributed by atoms with Crippen LogP contribution in [-0.4, -0.2) is 25.0 Å². The van der Waals surface area contributed by atoms with Gasteiger partial charge >= 0.3 is 0 Å². The average molecular weight is 315 g/mol. The van der Waals surface area contributed by atoms with Crippen molar-refractivity contribution in [1.29, 1.82) is 0 Å². The summed E-state index contributed by atoms with van der Waals surface area (Å²) in [5.74, 6) is -0.612. The predicted molar refractivity (Wildman–Crippen MR) is 72.1 cm³/mol. The van der Waals surface area contributed by atoms with Crippen LogP contribution < -0.4 is 10.6 Å². The molecule has 1 aromatic carbocycles. The molecule has 1 heterocycles. The molecule has 1 saturated heterocycles. The zero-order chi connectivity index (χ0) is 13.0. The Morgan fingerprint density at radius 3 is 3.06 bits per heavy atom. The van der Waals surface area contributed by atoms with Crippen LogP contribution in [0.25, 0.3) is 0 Å². The van der Waals surface area contributed by atoms with Gasteiger partial charge in [0.1, 0.15) is 5.82 Å². The van der Waals surface area contributed by atoms with Gasteiger partial charge in [0.05, 0.1) is 5.56 Å². The third kappa shape index (κ3) is 3.53. The van der Waals surface area contributed by atoms with Crippen LogP contribution >= 0.6 is 15.9 Å². The van der Waals surface area contributed by atoms with Crippen molar-refractivity contribution in [2.45, 2.75) is 25.3 Å². The SMILES string of the molecule is O=C(NC1CCCNCC1)c1cc(F)ccc1Br. The van der Waals surface area contributed by atoms with Gasteiger partial charge in [-0.25, -0.2) is 4.39 Å². The van der Waals surface area contributed by atoms with Gasteiger partial charge in [-0.1, -0.05) is 0 Å². The van der Waals surface area contributed by atoms with Crippen molar-refractivity contribution in [3.63, 3.8) is 0 Å². The Labute approximate surface area is 114 Å². The fourth-order valence-corrected chi connectivity index (χ4v) is 2.52. The first-order valence-corrected chi connectivity index (χ1v) is 6.93. The maximum Gasteiger partial charge on any atom is 0.252 e. The van der Waals surface area contributed by atoms with E-state index in [1.54, 1.807) is 6.07 Å². The number of nitrogens with one attached hydrogen (secondary N) is 2. The van der Waals surface area contributed by atoms with Gasteiger partial charge < -0.3 is 10.6 Å². The molecule has 0 spiro atoms. The molecule has 0 aromatic heterocycles. The number of amides is 1. The van der Waals surface area contributed by atoms with Crippen LogP contribution in [0.15, 0.2) is 22.7 Å². The minimum Gasteiger partial charge on any atom is -0.349 e. The molecule has 1 fully saturated rings. The largest absolute Gasteiger partial charge is 0.349 e. The number of carbonyl (C=O) groups is 1. The Bertz CT molecular complexity index is 431. The summed E-state index contributed by atoms with van der Waals surface area (Å²) in [6.07, 6.45) is 2.93. The lowest BCUT2D eigenvalue weighted by Gasteiger charge is -2.16. The summed E-state index contributed by atoms with van der Waals surface area (Å²) in [4.78, 5) is 12.1. The van der Waals surface area contributed by atoms with Crippen LogP contribution in [-0.2, 0) is 0 Å². The van der Waals surface area contributed by atoms with Gasteiger partial charge in [-0.15, -0.1) is 0 Å². The van der Waals surface area contributed by atoms with E-state index in [-0.39, 0.29) is 11.9 Å². The van der Waals surface area contributed by atoms with E-state index in [2.05, 4.69) is 26.6 Å².